The number of halogens is 3. The van der Waals surface area contributed by atoms with Crippen molar-refractivity contribution >= 4 is 16.9 Å². The molecular weight excluding hydrogens is 465 g/mol. The van der Waals surface area contributed by atoms with Crippen LogP contribution in [0.3, 0.4) is 0 Å². The molecule has 0 fully saturated rings. The van der Waals surface area contributed by atoms with Gasteiger partial charge >= 0.3 is 5.92 Å². The van der Waals surface area contributed by atoms with Crippen LogP contribution in [0.1, 0.15) is 47.1 Å². The van der Waals surface area contributed by atoms with Gasteiger partial charge in [0.1, 0.15) is 23.9 Å². The van der Waals surface area contributed by atoms with E-state index in [1.54, 1.807) is 24.3 Å². The van der Waals surface area contributed by atoms with Crippen LogP contribution in [0.15, 0.2) is 52.4 Å². The van der Waals surface area contributed by atoms with E-state index >= 15 is 13.2 Å². The summed E-state index contributed by atoms with van der Waals surface area (Å²) in [5.41, 5.74) is 2.11. The van der Waals surface area contributed by atoms with Crippen molar-refractivity contribution in [2.24, 2.45) is 16.1 Å². The minimum Gasteiger partial charge on any atom is -0.385 e. The summed E-state index contributed by atoms with van der Waals surface area (Å²) in [6.07, 6.45) is 0. The second kappa shape index (κ2) is 9.09. The monoisotopic (exact) mass is 496 g/mol. The second-order valence-corrected chi connectivity index (χ2v) is 11.5. The quantitative estimate of drug-likeness (QED) is 0.585. The molecular formula is C25H31F3N2O3S. The smallest absolute Gasteiger partial charge is 0.304 e. The molecule has 1 heterocycles. The Morgan fingerprint density at radius 1 is 1.12 bits per heavy atom. The average Bonchev–Trinajstić information content (AvgIpc) is 2.81. The summed E-state index contributed by atoms with van der Waals surface area (Å²) in [7, 11) is 0. The summed E-state index contributed by atoms with van der Waals surface area (Å²) < 4.78 is 69.8. The Labute approximate surface area is 201 Å². The number of ether oxygens (including phenoxy) is 1. The van der Waals surface area contributed by atoms with E-state index < -0.39 is 34.0 Å². The van der Waals surface area contributed by atoms with Crippen LogP contribution in [0, 0.1) is 11.2 Å². The van der Waals surface area contributed by atoms with Crippen molar-refractivity contribution < 1.29 is 26.3 Å². The Morgan fingerprint density at radius 3 is 2.41 bits per heavy atom. The fourth-order valence-corrected chi connectivity index (χ4v) is 4.72. The first-order valence-electron chi connectivity index (χ1n) is 10.9. The summed E-state index contributed by atoms with van der Waals surface area (Å²) >= 11 is -1.72. The Bertz CT molecular complexity index is 1130. The van der Waals surface area contributed by atoms with Crippen LogP contribution >= 0.6 is 0 Å². The van der Waals surface area contributed by atoms with E-state index in [0.717, 1.165) is 13.0 Å². The zero-order valence-corrected chi connectivity index (χ0v) is 21.1. The van der Waals surface area contributed by atoms with Crippen LogP contribution in [0.5, 0.6) is 0 Å². The summed E-state index contributed by atoms with van der Waals surface area (Å²) in [4.78, 5) is 4.44. The summed E-state index contributed by atoms with van der Waals surface area (Å²) in [5, 5.41) is 0. The predicted octanol–water partition coefficient (Wildman–Crippen LogP) is 5.59. The van der Waals surface area contributed by atoms with Crippen LogP contribution < -0.4 is 5.73 Å². The van der Waals surface area contributed by atoms with Gasteiger partial charge in [0.05, 0.1) is 11.5 Å². The van der Waals surface area contributed by atoms with Crippen LogP contribution in [0.4, 0.5) is 13.2 Å². The molecule has 9 heteroatoms. The predicted molar refractivity (Wildman–Crippen MR) is 128 cm³/mol. The lowest BCUT2D eigenvalue weighted by molar-refractivity contribution is -0.214. The molecule has 0 aromatic heterocycles. The van der Waals surface area contributed by atoms with E-state index in [4.69, 9.17) is 14.7 Å². The molecule has 2 atom stereocenters. The van der Waals surface area contributed by atoms with E-state index in [9.17, 15) is 4.21 Å². The third kappa shape index (κ3) is 5.06. The molecule has 2 aromatic rings. The van der Waals surface area contributed by atoms with Gasteiger partial charge in [-0.25, -0.2) is 17.4 Å². The number of amidine groups is 1. The van der Waals surface area contributed by atoms with Gasteiger partial charge in [-0.15, -0.1) is 0 Å². The molecule has 2 unspecified atom stereocenters. The number of alkyl halides is 2. The molecule has 0 saturated carbocycles. The second-order valence-electron chi connectivity index (χ2n) is 10.3. The summed E-state index contributed by atoms with van der Waals surface area (Å²) in [6, 6.07) is 10.6. The lowest BCUT2D eigenvalue weighted by Gasteiger charge is -2.42. The maximum Gasteiger partial charge on any atom is 0.304 e. The van der Waals surface area contributed by atoms with Crippen molar-refractivity contribution in [2.45, 2.75) is 63.5 Å². The molecule has 0 spiro atoms. The Hall–Kier alpha value is -2.23. The first-order valence-corrected chi connectivity index (χ1v) is 12.0. The molecule has 0 bridgehead atoms. The van der Waals surface area contributed by atoms with Crippen LogP contribution in [0.25, 0.3) is 11.1 Å². The molecule has 1 aliphatic heterocycles. The van der Waals surface area contributed by atoms with Crippen LogP contribution in [0.2, 0.25) is 0 Å². The standard InChI is InChI=1S/C25H31F3N2O3S/c1-22(2,3)15-33-34(31)18-9-7-8-16(12-18)17-10-11-20(26)19(13-17)24(6)25(27,28)23(4,5)32-14-21(29)30-24/h7-13H,14-15H2,1-6H3,(H2,29,30). The number of nitrogens with two attached hydrogens (primary N) is 1. The van der Waals surface area contributed by atoms with E-state index in [1.807, 2.05) is 20.8 Å². The highest BCUT2D eigenvalue weighted by Gasteiger charge is 2.63. The maximum absolute atomic E-state index is 15.7. The van der Waals surface area contributed by atoms with Gasteiger partial charge in [0.2, 0.25) is 0 Å². The number of rotatable bonds is 5. The Morgan fingerprint density at radius 2 is 1.76 bits per heavy atom. The number of nitrogens with zero attached hydrogens (tertiary/aromatic N) is 1. The molecule has 186 valence electrons. The highest BCUT2D eigenvalue weighted by Crippen LogP contribution is 2.51. The third-order valence-electron chi connectivity index (χ3n) is 5.77. The van der Waals surface area contributed by atoms with Crippen molar-refractivity contribution in [3.05, 3.63) is 53.8 Å². The normalized spacial score (nSPS) is 23.1. The van der Waals surface area contributed by atoms with Gasteiger partial charge in [0, 0.05) is 5.56 Å². The third-order valence-corrected chi connectivity index (χ3v) is 6.74. The molecule has 2 aromatic carbocycles. The van der Waals surface area contributed by atoms with Gasteiger partial charge in [-0.3, -0.25) is 9.18 Å². The minimum atomic E-state index is -3.59. The van der Waals surface area contributed by atoms with E-state index in [2.05, 4.69) is 4.99 Å². The van der Waals surface area contributed by atoms with Gasteiger partial charge in [0.25, 0.3) is 0 Å². The first-order chi connectivity index (χ1) is 15.6. The molecule has 34 heavy (non-hydrogen) atoms. The number of hydrogen-bond donors (Lipinski definition) is 1. The zero-order valence-electron chi connectivity index (χ0n) is 20.2. The highest BCUT2D eigenvalue weighted by molar-refractivity contribution is 7.80. The maximum atomic E-state index is 15.7. The van der Waals surface area contributed by atoms with Crippen molar-refractivity contribution in [3.8, 4) is 11.1 Å². The number of aliphatic imine (C=N–C) groups is 1. The highest BCUT2D eigenvalue weighted by atomic mass is 32.2. The van der Waals surface area contributed by atoms with Gasteiger partial charge in [-0.1, -0.05) is 39.0 Å². The number of benzene rings is 2. The van der Waals surface area contributed by atoms with E-state index in [-0.39, 0.29) is 30.0 Å². The Kier molecular flexibility index (Phi) is 7.05. The van der Waals surface area contributed by atoms with Crippen molar-refractivity contribution in [1.82, 2.24) is 0 Å². The minimum absolute atomic E-state index is 0.147. The van der Waals surface area contributed by atoms with Crippen LogP contribution in [-0.2, 0) is 25.5 Å². The van der Waals surface area contributed by atoms with Gasteiger partial charge in [0.15, 0.2) is 16.6 Å². The molecule has 0 aliphatic carbocycles. The van der Waals surface area contributed by atoms with Crippen LogP contribution in [-0.4, -0.2) is 34.8 Å². The van der Waals surface area contributed by atoms with E-state index in [0.29, 0.717) is 16.0 Å². The molecule has 0 amide bonds. The van der Waals surface area contributed by atoms with Crippen molar-refractivity contribution in [2.75, 3.05) is 13.2 Å². The molecule has 1 aliphatic rings. The topological polar surface area (TPSA) is 73.9 Å². The SMILES string of the molecule is CC(C)(C)COS(=O)c1cccc(-c2ccc(F)c(C3(C)N=C(N)COC(C)(C)C3(F)F)c2)c1. The summed E-state index contributed by atoms with van der Waals surface area (Å²) in [6.45, 7) is 9.51. The molecule has 5 nitrogen and oxygen atoms in total. The Balaban J connectivity index is 2.07. The first kappa shape index (κ1) is 26.4. The van der Waals surface area contributed by atoms with Crippen molar-refractivity contribution in [3.63, 3.8) is 0 Å². The summed E-state index contributed by atoms with van der Waals surface area (Å²) in [5.74, 6) is -4.58. The molecule has 0 radical (unpaired) electrons. The van der Waals surface area contributed by atoms with E-state index in [1.165, 1.54) is 26.0 Å². The zero-order chi connectivity index (χ0) is 25.5. The van der Waals surface area contributed by atoms with Gasteiger partial charge in [-0.2, -0.15) is 0 Å². The molecule has 3 rings (SSSR count). The fourth-order valence-electron chi connectivity index (χ4n) is 3.71. The van der Waals surface area contributed by atoms with Gasteiger partial charge in [-0.05, 0) is 61.6 Å². The average molecular weight is 497 g/mol. The van der Waals surface area contributed by atoms with Crippen molar-refractivity contribution in [1.29, 1.82) is 0 Å². The molecule has 2 N–H and O–H groups in total. The molecule has 0 saturated heterocycles. The number of hydrogen-bond acceptors (Lipinski definition) is 5. The fraction of sp³-hybridized carbons (Fsp3) is 0.480. The lowest BCUT2D eigenvalue weighted by Crippen LogP contribution is -2.56. The largest absolute Gasteiger partial charge is 0.385 e. The van der Waals surface area contributed by atoms with Gasteiger partial charge < -0.3 is 10.5 Å². The lowest BCUT2D eigenvalue weighted by atomic mass is 9.77.